The maximum atomic E-state index is 13.1. The number of halogens is 2. The largest absolute Gasteiger partial charge is 0.398 e. The number of hydrogen-bond acceptors (Lipinski definition) is 3. The van der Waals surface area contributed by atoms with Crippen LogP contribution >= 0.6 is 0 Å². The van der Waals surface area contributed by atoms with Crippen molar-refractivity contribution < 1.29 is 17.2 Å². The normalized spacial score (nSPS) is 11.6. The fourth-order valence-electron chi connectivity index (χ4n) is 1.83. The molecule has 112 valence electrons. The standard InChI is InChI=1S/C14H14F2N2O2S/c1-9-13(17)3-2-4-14(9)21(19,20)18-8-10-5-6-11(15)12(16)7-10/h2-7,18H,8,17H2,1H3. The van der Waals surface area contributed by atoms with Crippen molar-refractivity contribution in [2.24, 2.45) is 0 Å². The van der Waals surface area contributed by atoms with Crippen LogP contribution in [0.5, 0.6) is 0 Å². The van der Waals surface area contributed by atoms with Gasteiger partial charge in [-0.2, -0.15) is 0 Å². The molecule has 0 spiro atoms. The van der Waals surface area contributed by atoms with E-state index < -0.39 is 21.7 Å². The van der Waals surface area contributed by atoms with Crippen LogP contribution in [0.4, 0.5) is 14.5 Å². The van der Waals surface area contributed by atoms with Gasteiger partial charge in [-0.15, -0.1) is 0 Å². The van der Waals surface area contributed by atoms with Gasteiger partial charge in [0.05, 0.1) is 4.90 Å². The topological polar surface area (TPSA) is 72.2 Å². The van der Waals surface area contributed by atoms with Crippen LogP contribution in [0, 0.1) is 18.6 Å². The van der Waals surface area contributed by atoms with Crippen molar-refractivity contribution in [1.29, 1.82) is 0 Å². The Bertz CT molecular complexity index is 777. The number of benzene rings is 2. The van der Waals surface area contributed by atoms with Crippen LogP contribution in [0.3, 0.4) is 0 Å². The van der Waals surface area contributed by atoms with Gasteiger partial charge in [-0.05, 0) is 42.3 Å². The summed E-state index contributed by atoms with van der Waals surface area (Å²) in [7, 11) is -3.78. The molecule has 0 saturated carbocycles. The molecule has 0 saturated heterocycles. The number of anilines is 1. The van der Waals surface area contributed by atoms with E-state index >= 15 is 0 Å². The highest BCUT2D eigenvalue weighted by Gasteiger charge is 2.17. The van der Waals surface area contributed by atoms with Crippen molar-refractivity contribution in [2.45, 2.75) is 18.4 Å². The minimum Gasteiger partial charge on any atom is -0.398 e. The van der Waals surface area contributed by atoms with Gasteiger partial charge in [-0.1, -0.05) is 12.1 Å². The first-order valence-electron chi connectivity index (χ1n) is 6.10. The molecule has 0 radical (unpaired) electrons. The molecule has 0 aliphatic rings. The van der Waals surface area contributed by atoms with Gasteiger partial charge in [0.25, 0.3) is 0 Å². The van der Waals surface area contributed by atoms with Gasteiger partial charge in [0.2, 0.25) is 10.0 Å². The van der Waals surface area contributed by atoms with Crippen LogP contribution in [0.1, 0.15) is 11.1 Å². The van der Waals surface area contributed by atoms with Gasteiger partial charge in [-0.25, -0.2) is 21.9 Å². The maximum Gasteiger partial charge on any atom is 0.241 e. The summed E-state index contributed by atoms with van der Waals surface area (Å²) in [4.78, 5) is 0.0603. The molecule has 3 N–H and O–H groups in total. The van der Waals surface area contributed by atoms with Crippen LogP contribution in [-0.2, 0) is 16.6 Å². The third-order valence-corrected chi connectivity index (χ3v) is 4.61. The highest BCUT2D eigenvalue weighted by Crippen LogP contribution is 2.20. The number of nitrogen functional groups attached to an aromatic ring is 1. The maximum absolute atomic E-state index is 13.1. The number of hydrogen-bond donors (Lipinski definition) is 2. The predicted molar refractivity (Wildman–Crippen MR) is 76.0 cm³/mol. The third kappa shape index (κ3) is 3.37. The molecule has 21 heavy (non-hydrogen) atoms. The molecule has 0 fully saturated rings. The Labute approximate surface area is 121 Å². The van der Waals surface area contributed by atoms with E-state index in [0.717, 1.165) is 12.1 Å². The summed E-state index contributed by atoms with van der Waals surface area (Å²) >= 11 is 0. The average molecular weight is 312 g/mol. The SMILES string of the molecule is Cc1c(N)cccc1S(=O)(=O)NCc1ccc(F)c(F)c1. The predicted octanol–water partition coefficient (Wildman–Crippen LogP) is 2.33. The van der Waals surface area contributed by atoms with Crippen LogP contribution in [-0.4, -0.2) is 8.42 Å². The zero-order valence-electron chi connectivity index (χ0n) is 11.2. The molecule has 0 heterocycles. The molecule has 2 aromatic rings. The number of nitrogens with two attached hydrogens (primary N) is 1. The molecule has 2 aromatic carbocycles. The van der Waals surface area contributed by atoms with Crippen molar-refractivity contribution in [3.63, 3.8) is 0 Å². The summed E-state index contributed by atoms with van der Waals surface area (Å²) < 4.78 is 52.6. The summed E-state index contributed by atoms with van der Waals surface area (Å²) in [5.41, 5.74) is 6.80. The smallest absolute Gasteiger partial charge is 0.241 e. The molecule has 0 bridgehead atoms. The average Bonchev–Trinajstić information content (AvgIpc) is 2.43. The minimum atomic E-state index is -3.78. The lowest BCUT2D eigenvalue weighted by Crippen LogP contribution is -2.24. The highest BCUT2D eigenvalue weighted by molar-refractivity contribution is 7.89. The molecule has 0 atom stereocenters. The van der Waals surface area contributed by atoms with Gasteiger partial charge in [0, 0.05) is 12.2 Å². The number of nitrogens with one attached hydrogen (secondary N) is 1. The molecule has 0 amide bonds. The monoisotopic (exact) mass is 312 g/mol. The molecular formula is C14H14F2N2O2S. The molecule has 4 nitrogen and oxygen atoms in total. The van der Waals surface area contributed by atoms with E-state index in [1.54, 1.807) is 13.0 Å². The Hall–Kier alpha value is -1.99. The number of sulfonamides is 1. The van der Waals surface area contributed by atoms with Crippen LogP contribution < -0.4 is 10.5 Å². The van der Waals surface area contributed by atoms with E-state index in [-0.39, 0.29) is 11.4 Å². The van der Waals surface area contributed by atoms with E-state index in [0.29, 0.717) is 16.8 Å². The highest BCUT2D eigenvalue weighted by atomic mass is 32.2. The van der Waals surface area contributed by atoms with Crippen molar-refractivity contribution in [1.82, 2.24) is 4.72 Å². The van der Waals surface area contributed by atoms with Crippen LogP contribution in [0.2, 0.25) is 0 Å². The number of rotatable bonds is 4. The molecule has 0 aliphatic heterocycles. The van der Waals surface area contributed by atoms with Gasteiger partial charge in [0.1, 0.15) is 0 Å². The van der Waals surface area contributed by atoms with Gasteiger partial charge < -0.3 is 5.73 Å². The molecule has 0 aliphatic carbocycles. The Morgan fingerprint density at radius 1 is 1.14 bits per heavy atom. The van der Waals surface area contributed by atoms with Crippen molar-refractivity contribution in [3.8, 4) is 0 Å². The van der Waals surface area contributed by atoms with E-state index in [1.165, 1.54) is 18.2 Å². The van der Waals surface area contributed by atoms with Gasteiger partial charge in [-0.3, -0.25) is 0 Å². The second-order valence-electron chi connectivity index (χ2n) is 4.54. The first-order valence-corrected chi connectivity index (χ1v) is 7.58. The van der Waals surface area contributed by atoms with Crippen LogP contribution in [0.15, 0.2) is 41.3 Å². The summed E-state index contributed by atoms with van der Waals surface area (Å²) in [6, 6.07) is 7.78. The zero-order chi connectivity index (χ0) is 15.6. The van der Waals surface area contributed by atoms with Crippen molar-refractivity contribution >= 4 is 15.7 Å². The molecule has 7 heteroatoms. The second kappa shape index (κ2) is 5.79. The molecule has 2 rings (SSSR count). The summed E-state index contributed by atoms with van der Waals surface area (Å²) in [6.07, 6.45) is 0. The Morgan fingerprint density at radius 2 is 1.86 bits per heavy atom. The lowest BCUT2D eigenvalue weighted by molar-refractivity contribution is 0.506. The first-order chi connectivity index (χ1) is 9.81. The second-order valence-corrected chi connectivity index (χ2v) is 6.28. The first kappa shape index (κ1) is 15.4. The summed E-state index contributed by atoms with van der Waals surface area (Å²) in [6.45, 7) is 1.45. The minimum absolute atomic E-state index is 0.0603. The van der Waals surface area contributed by atoms with Crippen LogP contribution in [0.25, 0.3) is 0 Å². The van der Waals surface area contributed by atoms with E-state index in [4.69, 9.17) is 5.73 Å². The van der Waals surface area contributed by atoms with E-state index in [9.17, 15) is 17.2 Å². The van der Waals surface area contributed by atoms with E-state index in [2.05, 4.69) is 4.72 Å². The van der Waals surface area contributed by atoms with Crippen molar-refractivity contribution in [3.05, 3.63) is 59.2 Å². The quantitative estimate of drug-likeness (QED) is 0.851. The lowest BCUT2D eigenvalue weighted by atomic mass is 10.2. The lowest BCUT2D eigenvalue weighted by Gasteiger charge is -2.11. The molecular weight excluding hydrogens is 298 g/mol. The Morgan fingerprint density at radius 3 is 2.52 bits per heavy atom. The van der Waals surface area contributed by atoms with Gasteiger partial charge in [0.15, 0.2) is 11.6 Å². The molecule has 0 aromatic heterocycles. The molecule has 0 unspecified atom stereocenters. The summed E-state index contributed by atoms with van der Waals surface area (Å²) in [5, 5.41) is 0. The summed E-state index contributed by atoms with van der Waals surface area (Å²) in [5.74, 6) is -2.00. The third-order valence-electron chi connectivity index (χ3n) is 3.07. The fourth-order valence-corrected chi connectivity index (χ4v) is 3.12. The van der Waals surface area contributed by atoms with Crippen molar-refractivity contribution in [2.75, 3.05) is 5.73 Å². The Balaban J connectivity index is 2.22. The van der Waals surface area contributed by atoms with E-state index in [1.807, 2.05) is 0 Å². The fraction of sp³-hybridized carbons (Fsp3) is 0.143. The Kier molecular flexibility index (Phi) is 4.24. The van der Waals surface area contributed by atoms with Gasteiger partial charge >= 0.3 is 0 Å². The zero-order valence-corrected chi connectivity index (χ0v) is 12.0.